The summed E-state index contributed by atoms with van der Waals surface area (Å²) in [5, 5.41) is 8.85. The van der Waals surface area contributed by atoms with Gasteiger partial charge in [0.05, 0.1) is 11.6 Å². The number of rotatable bonds is 2. The number of aryl methyl sites for hydroxylation is 1. The lowest BCUT2D eigenvalue weighted by atomic mass is 9.98. The van der Waals surface area contributed by atoms with Crippen molar-refractivity contribution >= 4 is 0 Å². The fourth-order valence-corrected chi connectivity index (χ4v) is 1.31. The van der Waals surface area contributed by atoms with Crippen molar-refractivity contribution in [1.29, 1.82) is 5.26 Å². The molecule has 1 rings (SSSR count). The van der Waals surface area contributed by atoms with Crippen LogP contribution in [0.25, 0.3) is 0 Å². The van der Waals surface area contributed by atoms with Crippen LogP contribution in [0, 0.1) is 18.3 Å². The van der Waals surface area contributed by atoms with Crippen LogP contribution in [0.15, 0.2) is 18.2 Å². The van der Waals surface area contributed by atoms with Gasteiger partial charge in [-0.25, -0.2) is 0 Å². The molecule has 0 bridgehead atoms. The van der Waals surface area contributed by atoms with E-state index in [1.54, 1.807) is 0 Å². The predicted octanol–water partition coefficient (Wildman–Crippen LogP) is 2.28. The summed E-state index contributed by atoms with van der Waals surface area (Å²) in [6.07, 6.45) is 0.859. The zero-order valence-corrected chi connectivity index (χ0v) is 8.04. The third kappa shape index (κ3) is 2.07. The summed E-state index contributed by atoms with van der Waals surface area (Å²) in [5.74, 6) is 0. The predicted molar refractivity (Wildman–Crippen MR) is 53.1 cm³/mol. The first-order valence-corrected chi connectivity index (χ1v) is 4.45. The van der Waals surface area contributed by atoms with Gasteiger partial charge in [0.1, 0.15) is 0 Å². The molecule has 0 radical (unpaired) electrons. The number of nitrogens with zero attached hydrogens (tertiary/aromatic N) is 1. The van der Waals surface area contributed by atoms with Crippen LogP contribution in [-0.4, -0.2) is 0 Å². The first-order chi connectivity index (χ1) is 6.19. The fourth-order valence-electron chi connectivity index (χ4n) is 1.31. The summed E-state index contributed by atoms with van der Waals surface area (Å²) in [5.41, 5.74) is 8.70. The first kappa shape index (κ1) is 9.76. The van der Waals surface area contributed by atoms with Gasteiger partial charge in [0.2, 0.25) is 0 Å². The second kappa shape index (κ2) is 4.06. The molecule has 0 aliphatic rings. The van der Waals surface area contributed by atoms with Gasteiger partial charge >= 0.3 is 0 Å². The third-order valence-electron chi connectivity index (χ3n) is 2.17. The molecule has 0 amide bonds. The molecule has 13 heavy (non-hydrogen) atoms. The van der Waals surface area contributed by atoms with Crippen LogP contribution in [0.3, 0.4) is 0 Å². The molecule has 0 saturated carbocycles. The summed E-state index contributed by atoms with van der Waals surface area (Å²) >= 11 is 0. The van der Waals surface area contributed by atoms with Gasteiger partial charge in [0, 0.05) is 6.04 Å². The molecule has 2 nitrogen and oxygen atoms in total. The Bertz CT molecular complexity index is 336. The van der Waals surface area contributed by atoms with Crippen LogP contribution in [0.2, 0.25) is 0 Å². The third-order valence-corrected chi connectivity index (χ3v) is 2.17. The Balaban J connectivity index is 3.17. The van der Waals surface area contributed by atoms with Gasteiger partial charge in [0.15, 0.2) is 0 Å². The van der Waals surface area contributed by atoms with Crippen molar-refractivity contribution in [2.45, 2.75) is 26.3 Å². The van der Waals surface area contributed by atoms with Gasteiger partial charge in [-0.05, 0) is 25.0 Å². The lowest BCUT2D eigenvalue weighted by molar-refractivity contribution is 0.696. The number of hydrogen-bond acceptors (Lipinski definition) is 2. The maximum absolute atomic E-state index is 8.85. The van der Waals surface area contributed by atoms with Crippen LogP contribution in [0.4, 0.5) is 0 Å². The SMILES string of the molecule is CC[C@@H](N)c1cc(C)ccc1C#N. The van der Waals surface area contributed by atoms with Crippen molar-refractivity contribution in [3.63, 3.8) is 0 Å². The van der Waals surface area contributed by atoms with E-state index < -0.39 is 0 Å². The second-order valence-corrected chi connectivity index (χ2v) is 3.22. The molecule has 0 aromatic heterocycles. The fraction of sp³-hybridized carbons (Fsp3) is 0.364. The molecule has 0 saturated heterocycles. The van der Waals surface area contributed by atoms with Crippen molar-refractivity contribution in [2.24, 2.45) is 5.73 Å². The topological polar surface area (TPSA) is 49.8 Å². The van der Waals surface area contributed by atoms with Crippen molar-refractivity contribution in [1.82, 2.24) is 0 Å². The van der Waals surface area contributed by atoms with Crippen LogP contribution in [0.1, 0.15) is 36.1 Å². The Labute approximate surface area is 79.0 Å². The average Bonchev–Trinajstić information content (AvgIpc) is 2.16. The number of nitriles is 1. The van der Waals surface area contributed by atoms with E-state index in [1.807, 2.05) is 32.0 Å². The molecular weight excluding hydrogens is 160 g/mol. The molecule has 0 spiro atoms. The lowest BCUT2D eigenvalue weighted by Gasteiger charge is -2.11. The molecule has 2 N–H and O–H groups in total. The molecule has 68 valence electrons. The highest BCUT2D eigenvalue weighted by Crippen LogP contribution is 2.19. The molecule has 1 aromatic carbocycles. The quantitative estimate of drug-likeness (QED) is 0.747. The summed E-state index contributed by atoms with van der Waals surface area (Å²) in [6.45, 7) is 4.03. The zero-order chi connectivity index (χ0) is 9.84. The largest absolute Gasteiger partial charge is 0.324 e. The normalized spacial score (nSPS) is 12.2. The smallest absolute Gasteiger partial charge is 0.0995 e. The molecule has 0 aliphatic carbocycles. The minimum Gasteiger partial charge on any atom is -0.324 e. The molecule has 2 heteroatoms. The van der Waals surface area contributed by atoms with E-state index in [9.17, 15) is 0 Å². The summed E-state index contributed by atoms with van der Waals surface area (Å²) in [6, 6.07) is 7.90. The highest BCUT2D eigenvalue weighted by molar-refractivity contribution is 5.41. The molecule has 0 fully saturated rings. The van der Waals surface area contributed by atoms with E-state index in [0.29, 0.717) is 5.56 Å². The van der Waals surface area contributed by atoms with Gasteiger partial charge in [0.25, 0.3) is 0 Å². The summed E-state index contributed by atoms with van der Waals surface area (Å²) in [7, 11) is 0. The van der Waals surface area contributed by atoms with Gasteiger partial charge in [-0.2, -0.15) is 5.26 Å². The van der Waals surface area contributed by atoms with Gasteiger partial charge in [-0.15, -0.1) is 0 Å². The van der Waals surface area contributed by atoms with Gasteiger partial charge in [-0.3, -0.25) is 0 Å². The monoisotopic (exact) mass is 174 g/mol. The van der Waals surface area contributed by atoms with Crippen molar-refractivity contribution in [2.75, 3.05) is 0 Å². The Hall–Kier alpha value is -1.33. The maximum atomic E-state index is 8.85. The standard InChI is InChI=1S/C11H14N2/c1-3-11(13)10-6-8(2)4-5-9(10)7-12/h4-6,11H,3,13H2,1-2H3/t11-/m1/s1. The maximum Gasteiger partial charge on any atom is 0.0995 e. The Morgan fingerprint density at radius 3 is 2.77 bits per heavy atom. The zero-order valence-electron chi connectivity index (χ0n) is 8.04. The van der Waals surface area contributed by atoms with Crippen LogP contribution in [-0.2, 0) is 0 Å². The van der Waals surface area contributed by atoms with Gasteiger partial charge in [-0.1, -0.05) is 24.6 Å². The molecule has 0 unspecified atom stereocenters. The van der Waals surface area contributed by atoms with E-state index in [4.69, 9.17) is 11.0 Å². The molecule has 1 atom stereocenters. The van der Waals surface area contributed by atoms with Gasteiger partial charge < -0.3 is 5.73 Å². The molecule has 0 heterocycles. The van der Waals surface area contributed by atoms with Crippen LogP contribution in [0.5, 0.6) is 0 Å². The molecular formula is C11H14N2. The van der Waals surface area contributed by atoms with E-state index in [2.05, 4.69) is 6.07 Å². The number of hydrogen-bond donors (Lipinski definition) is 1. The first-order valence-electron chi connectivity index (χ1n) is 4.45. The van der Waals surface area contributed by atoms with E-state index in [-0.39, 0.29) is 6.04 Å². The minimum atomic E-state index is -0.0189. The number of nitrogens with two attached hydrogens (primary N) is 1. The number of benzene rings is 1. The summed E-state index contributed by atoms with van der Waals surface area (Å²) in [4.78, 5) is 0. The highest BCUT2D eigenvalue weighted by atomic mass is 14.6. The molecule has 0 aliphatic heterocycles. The van der Waals surface area contributed by atoms with Crippen molar-refractivity contribution < 1.29 is 0 Å². The van der Waals surface area contributed by atoms with E-state index in [0.717, 1.165) is 17.5 Å². The van der Waals surface area contributed by atoms with Crippen molar-refractivity contribution in [3.8, 4) is 6.07 Å². The van der Waals surface area contributed by atoms with Crippen molar-refractivity contribution in [3.05, 3.63) is 34.9 Å². The lowest BCUT2D eigenvalue weighted by Crippen LogP contribution is -2.10. The Morgan fingerprint density at radius 2 is 2.23 bits per heavy atom. The van der Waals surface area contributed by atoms with E-state index in [1.165, 1.54) is 0 Å². The van der Waals surface area contributed by atoms with Crippen LogP contribution >= 0.6 is 0 Å². The van der Waals surface area contributed by atoms with Crippen LogP contribution < -0.4 is 5.73 Å². The Kier molecular flexibility index (Phi) is 3.05. The summed E-state index contributed by atoms with van der Waals surface area (Å²) < 4.78 is 0. The Morgan fingerprint density at radius 1 is 1.54 bits per heavy atom. The average molecular weight is 174 g/mol. The van der Waals surface area contributed by atoms with E-state index >= 15 is 0 Å². The highest BCUT2D eigenvalue weighted by Gasteiger charge is 2.08. The molecule has 1 aromatic rings. The second-order valence-electron chi connectivity index (χ2n) is 3.22. The minimum absolute atomic E-state index is 0.0189.